The van der Waals surface area contributed by atoms with Crippen molar-refractivity contribution in [1.29, 1.82) is 0 Å². The second-order valence-electron chi connectivity index (χ2n) is 4.97. The largest absolute Gasteiger partial charge is 0.480 e. The van der Waals surface area contributed by atoms with Crippen LogP contribution < -0.4 is 5.32 Å². The third-order valence-electron chi connectivity index (χ3n) is 3.14. The first-order valence-corrected chi connectivity index (χ1v) is 7.33. The van der Waals surface area contributed by atoms with Crippen LogP contribution in [0.4, 0.5) is 0 Å². The number of hydrogen-bond acceptors (Lipinski definition) is 5. The first-order chi connectivity index (χ1) is 11.3. The summed E-state index contributed by atoms with van der Waals surface area (Å²) in [5.74, 6) is -3.40. The molecular formula is C16H19NO7. The van der Waals surface area contributed by atoms with Gasteiger partial charge in [0.25, 0.3) is 0 Å². The van der Waals surface area contributed by atoms with Gasteiger partial charge in [-0.15, -0.1) is 0 Å². The second kappa shape index (κ2) is 9.29. The number of rotatable bonds is 9. The Bertz CT molecular complexity index is 609. The van der Waals surface area contributed by atoms with Gasteiger partial charge < -0.3 is 20.3 Å². The Hall–Kier alpha value is -2.90. The summed E-state index contributed by atoms with van der Waals surface area (Å²) in [6.45, 7) is 1.86. The zero-order valence-corrected chi connectivity index (χ0v) is 13.2. The van der Waals surface area contributed by atoms with Gasteiger partial charge in [0.15, 0.2) is 0 Å². The van der Waals surface area contributed by atoms with E-state index in [0.717, 1.165) is 0 Å². The van der Waals surface area contributed by atoms with E-state index >= 15 is 0 Å². The van der Waals surface area contributed by atoms with Crippen LogP contribution in [0.1, 0.15) is 35.7 Å². The minimum Gasteiger partial charge on any atom is -0.480 e. The molecule has 24 heavy (non-hydrogen) atoms. The summed E-state index contributed by atoms with van der Waals surface area (Å²) >= 11 is 0. The van der Waals surface area contributed by atoms with E-state index in [-0.39, 0.29) is 31.4 Å². The van der Waals surface area contributed by atoms with Crippen molar-refractivity contribution in [3.05, 3.63) is 35.4 Å². The Balaban J connectivity index is 2.60. The number of hydrogen-bond donors (Lipinski definition) is 3. The molecule has 0 radical (unpaired) electrons. The smallest absolute Gasteiger partial charge is 0.335 e. The third-order valence-corrected chi connectivity index (χ3v) is 3.14. The van der Waals surface area contributed by atoms with Crippen molar-refractivity contribution in [1.82, 2.24) is 5.32 Å². The predicted octanol–water partition coefficient (Wildman–Crippen LogP) is 0.840. The van der Waals surface area contributed by atoms with Gasteiger partial charge in [-0.3, -0.25) is 9.59 Å². The minimum absolute atomic E-state index is 0.000376. The molecule has 0 bridgehead atoms. The molecule has 0 saturated heterocycles. The van der Waals surface area contributed by atoms with E-state index in [1.807, 2.05) is 0 Å². The maximum Gasteiger partial charge on any atom is 0.335 e. The van der Waals surface area contributed by atoms with Crippen LogP contribution in [0.2, 0.25) is 0 Å². The van der Waals surface area contributed by atoms with E-state index in [1.165, 1.54) is 24.3 Å². The van der Waals surface area contributed by atoms with Crippen LogP contribution in [0.15, 0.2) is 24.3 Å². The maximum atomic E-state index is 11.7. The van der Waals surface area contributed by atoms with Crippen molar-refractivity contribution >= 4 is 23.8 Å². The number of nitrogens with one attached hydrogen (secondary N) is 1. The van der Waals surface area contributed by atoms with E-state index < -0.39 is 29.9 Å². The van der Waals surface area contributed by atoms with Gasteiger partial charge in [-0.1, -0.05) is 12.1 Å². The van der Waals surface area contributed by atoms with Crippen LogP contribution in [0.25, 0.3) is 0 Å². The molecule has 130 valence electrons. The molecule has 0 aliphatic rings. The molecule has 0 saturated carbocycles. The third kappa shape index (κ3) is 6.47. The number of carbonyl (C=O) groups excluding carboxylic acids is 2. The minimum atomic E-state index is -1.22. The molecule has 1 amide bonds. The van der Waals surface area contributed by atoms with Gasteiger partial charge in [0.1, 0.15) is 6.04 Å². The number of carboxylic acids is 2. The molecule has 0 unspecified atom stereocenters. The summed E-state index contributed by atoms with van der Waals surface area (Å²) in [7, 11) is 0. The Labute approximate surface area is 138 Å². The van der Waals surface area contributed by atoms with Gasteiger partial charge in [-0.25, -0.2) is 9.59 Å². The Morgan fingerprint density at radius 2 is 1.71 bits per heavy atom. The fourth-order valence-corrected chi connectivity index (χ4v) is 1.93. The first-order valence-electron chi connectivity index (χ1n) is 7.33. The fourth-order valence-electron chi connectivity index (χ4n) is 1.93. The van der Waals surface area contributed by atoms with Crippen molar-refractivity contribution in [2.45, 2.75) is 32.2 Å². The average Bonchev–Trinajstić information content (AvgIpc) is 2.53. The summed E-state index contributed by atoms with van der Waals surface area (Å²) in [5, 5.41) is 20.3. The Morgan fingerprint density at radius 1 is 1.08 bits per heavy atom. The van der Waals surface area contributed by atoms with Crippen LogP contribution in [-0.4, -0.2) is 46.7 Å². The van der Waals surface area contributed by atoms with Crippen LogP contribution in [-0.2, 0) is 25.5 Å². The van der Waals surface area contributed by atoms with Crippen LogP contribution >= 0.6 is 0 Å². The Kier molecular flexibility index (Phi) is 7.41. The molecule has 0 aliphatic heterocycles. The SMILES string of the molecule is CCOC(=O)CCC(=O)N[C@H](Cc1ccc(C(=O)O)cc1)C(=O)O. The zero-order chi connectivity index (χ0) is 18.1. The standard InChI is InChI=1S/C16H19NO7/c1-2-24-14(19)8-7-13(18)17-12(16(22)23)9-10-3-5-11(6-4-10)15(20)21/h3-6,12H,2,7-9H2,1H3,(H,17,18)(H,20,21)(H,22,23)/t12-/m1/s1. The van der Waals surface area contributed by atoms with Crippen molar-refractivity contribution in [3.63, 3.8) is 0 Å². The van der Waals surface area contributed by atoms with Crippen molar-refractivity contribution in [3.8, 4) is 0 Å². The molecular weight excluding hydrogens is 318 g/mol. The van der Waals surface area contributed by atoms with E-state index in [2.05, 4.69) is 10.1 Å². The number of amides is 1. The summed E-state index contributed by atoms with van der Waals surface area (Å²) in [5.41, 5.74) is 0.655. The summed E-state index contributed by atoms with van der Waals surface area (Å²) < 4.78 is 4.69. The summed E-state index contributed by atoms with van der Waals surface area (Å²) in [6, 6.07) is 4.53. The monoisotopic (exact) mass is 337 g/mol. The van der Waals surface area contributed by atoms with Gasteiger partial charge in [0, 0.05) is 12.8 Å². The second-order valence-corrected chi connectivity index (χ2v) is 4.97. The molecule has 8 nitrogen and oxygen atoms in total. The van der Waals surface area contributed by atoms with E-state index in [9.17, 15) is 24.3 Å². The number of carbonyl (C=O) groups is 4. The molecule has 1 aromatic rings. The fraction of sp³-hybridized carbons (Fsp3) is 0.375. The molecule has 8 heteroatoms. The lowest BCUT2D eigenvalue weighted by atomic mass is 10.0. The molecule has 1 aromatic carbocycles. The van der Waals surface area contributed by atoms with Gasteiger partial charge in [0.05, 0.1) is 18.6 Å². The molecule has 0 aromatic heterocycles. The van der Waals surface area contributed by atoms with Crippen molar-refractivity contribution < 1.29 is 34.1 Å². The van der Waals surface area contributed by atoms with Gasteiger partial charge in [-0.05, 0) is 24.6 Å². The normalized spacial score (nSPS) is 11.4. The number of aromatic carboxylic acids is 1. The quantitative estimate of drug-likeness (QED) is 0.569. The lowest BCUT2D eigenvalue weighted by molar-refractivity contribution is -0.144. The number of benzene rings is 1. The number of carboxylic acid groups (broad SMARTS) is 2. The lowest BCUT2D eigenvalue weighted by Gasteiger charge is -2.14. The average molecular weight is 337 g/mol. The highest BCUT2D eigenvalue weighted by Gasteiger charge is 2.21. The molecule has 0 fully saturated rings. The van der Waals surface area contributed by atoms with Crippen LogP contribution in [0, 0.1) is 0 Å². The highest BCUT2D eigenvalue weighted by molar-refractivity contribution is 5.88. The lowest BCUT2D eigenvalue weighted by Crippen LogP contribution is -2.42. The Morgan fingerprint density at radius 3 is 2.21 bits per heavy atom. The van der Waals surface area contributed by atoms with E-state index in [1.54, 1.807) is 6.92 Å². The molecule has 0 spiro atoms. The predicted molar refractivity (Wildman–Crippen MR) is 82.5 cm³/mol. The van der Waals surface area contributed by atoms with Gasteiger partial charge in [-0.2, -0.15) is 0 Å². The van der Waals surface area contributed by atoms with Crippen molar-refractivity contribution in [2.24, 2.45) is 0 Å². The molecule has 1 atom stereocenters. The van der Waals surface area contributed by atoms with Gasteiger partial charge in [0.2, 0.25) is 5.91 Å². The van der Waals surface area contributed by atoms with E-state index in [0.29, 0.717) is 5.56 Å². The number of aliphatic carboxylic acids is 1. The van der Waals surface area contributed by atoms with E-state index in [4.69, 9.17) is 5.11 Å². The zero-order valence-electron chi connectivity index (χ0n) is 13.2. The first kappa shape index (κ1) is 19.1. The molecule has 3 N–H and O–H groups in total. The molecule has 0 heterocycles. The molecule has 1 rings (SSSR count). The van der Waals surface area contributed by atoms with Gasteiger partial charge >= 0.3 is 17.9 Å². The summed E-state index contributed by atoms with van der Waals surface area (Å²) in [4.78, 5) is 44.9. The highest BCUT2D eigenvalue weighted by Crippen LogP contribution is 2.08. The van der Waals surface area contributed by atoms with Crippen molar-refractivity contribution in [2.75, 3.05) is 6.61 Å². The summed E-state index contributed by atoms with van der Waals surface area (Å²) in [6.07, 6.45) is -0.291. The molecule has 0 aliphatic carbocycles. The highest BCUT2D eigenvalue weighted by atomic mass is 16.5. The van der Waals surface area contributed by atoms with Crippen LogP contribution in [0.3, 0.4) is 0 Å². The van der Waals surface area contributed by atoms with Crippen LogP contribution in [0.5, 0.6) is 0 Å². The number of ether oxygens (including phenoxy) is 1. The maximum absolute atomic E-state index is 11.7. The topological polar surface area (TPSA) is 130 Å². The number of esters is 1.